The first-order valence-corrected chi connectivity index (χ1v) is 11.7. The zero-order valence-electron chi connectivity index (χ0n) is 19.9. The Labute approximate surface area is 207 Å². The molecule has 196 valence electrons. The predicted molar refractivity (Wildman–Crippen MR) is 129 cm³/mol. The molecule has 1 amide bonds. The van der Waals surface area contributed by atoms with E-state index < -0.39 is 18.8 Å². The number of hydrazone groups is 1. The van der Waals surface area contributed by atoms with E-state index in [-0.39, 0.29) is 17.7 Å². The van der Waals surface area contributed by atoms with Crippen LogP contribution in [0.5, 0.6) is 0 Å². The number of benzene rings is 1. The van der Waals surface area contributed by atoms with Crippen molar-refractivity contribution < 1.29 is 23.1 Å². The molecule has 0 radical (unpaired) electrons. The van der Waals surface area contributed by atoms with E-state index in [1.165, 1.54) is 0 Å². The summed E-state index contributed by atoms with van der Waals surface area (Å²) in [4.78, 5) is 18.7. The maximum atomic E-state index is 12.8. The van der Waals surface area contributed by atoms with E-state index in [0.29, 0.717) is 56.1 Å². The smallest absolute Gasteiger partial charge is 0.387 e. The number of nitrogens with one attached hydrogen (secondary N) is 1. The van der Waals surface area contributed by atoms with Crippen LogP contribution in [0, 0.1) is 5.92 Å². The first-order chi connectivity index (χ1) is 17.2. The van der Waals surface area contributed by atoms with Gasteiger partial charge in [-0.3, -0.25) is 14.8 Å². The summed E-state index contributed by atoms with van der Waals surface area (Å²) in [6.07, 6.45) is -1.93. The standard InChI is InChI=1S/C24H32F3N7O2/c25-24(26,27)16-34(29)22(32-28)19-9-12-33(13-10-19)23(36)20-7-6-17(14-31-20)8-11-30-15-21(35)18-4-2-1-3-5-18/h1-7,14,19,21,30,35H,8-13,15-16,28-29H2/b32-22-/t21-/m0/s1. The average Bonchev–Trinajstić information content (AvgIpc) is 2.87. The number of rotatable bonds is 9. The van der Waals surface area contributed by atoms with Crippen LogP contribution in [-0.4, -0.2) is 70.6 Å². The summed E-state index contributed by atoms with van der Waals surface area (Å²) < 4.78 is 37.9. The summed E-state index contributed by atoms with van der Waals surface area (Å²) in [6, 6.07) is 12.9. The Bertz CT molecular complexity index is 995. The summed E-state index contributed by atoms with van der Waals surface area (Å²) >= 11 is 0. The fourth-order valence-electron chi connectivity index (χ4n) is 4.15. The number of hydrogen-bond acceptors (Lipinski definition) is 7. The van der Waals surface area contributed by atoms with Crippen LogP contribution < -0.4 is 17.0 Å². The number of hydrazine groups is 1. The van der Waals surface area contributed by atoms with Crippen LogP contribution in [0.25, 0.3) is 0 Å². The Balaban J connectivity index is 1.43. The average molecular weight is 508 g/mol. The molecule has 0 saturated carbocycles. The molecule has 1 aromatic carbocycles. The van der Waals surface area contributed by atoms with Crippen molar-refractivity contribution in [3.05, 3.63) is 65.5 Å². The van der Waals surface area contributed by atoms with Gasteiger partial charge < -0.3 is 21.2 Å². The van der Waals surface area contributed by atoms with Gasteiger partial charge in [0.25, 0.3) is 5.91 Å². The summed E-state index contributed by atoms with van der Waals surface area (Å²) in [7, 11) is 0. The predicted octanol–water partition coefficient (Wildman–Crippen LogP) is 1.81. The number of likely N-dealkylation sites (tertiary alicyclic amines) is 1. The minimum atomic E-state index is -4.47. The van der Waals surface area contributed by atoms with Crippen molar-refractivity contribution in [2.75, 3.05) is 32.7 Å². The van der Waals surface area contributed by atoms with Crippen LogP contribution in [0.2, 0.25) is 0 Å². The molecule has 0 unspecified atom stereocenters. The number of halogens is 3. The Hall–Kier alpha value is -3.22. The molecule has 0 spiro atoms. The zero-order chi connectivity index (χ0) is 26.1. The number of nitrogens with zero attached hydrogens (tertiary/aromatic N) is 4. The second-order valence-electron chi connectivity index (χ2n) is 8.73. The molecule has 12 heteroatoms. The fourth-order valence-corrected chi connectivity index (χ4v) is 4.15. The molecule has 1 atom stereocenters. The van der Waals surface area contributed by atoms with Crippen LogP contribution in [0.4, 0.5) is 13.2 Å². The lowest BCUT2D eigenvalue weighted by atomic mass is 9.95. The summed E-state index contributed by atoms with van der Waals surface area (Å²) in [5.41, 5.74) is 2.10. The molecule has 1 aliphatic rings. The first kappa shape index (κ1) is 27.4. The molecule has 36 heavy (non-hydrogen) atoms. The molecule has 1 fully saturated rings. The summed E-state index contributed by atoms with van der Waals surface area (Å²) in [6.45, 7) is 0.392. The van der Waals surface area contributed by atoms with Crippen LogP contribution >= 0.6 is 0 Å². The van der Waals surface area contributed by atoms with Gasteiger partial charge in [-0.15, -0.1) is 0 Å². The number of amides is 1. The highest BCUT2D eigenvalue weighted by Gasteiger charge is 2.35. The van der Waals surface area contributed by atoms with Gasteiger partial charge >= 0.3 is 6.18 Å². The molecule has 9 nitrogen and oxygen atoms in total. The number of aromatic nitrogens is 1. The SMILES string of the molecule is N/N=C(/C1CCN(C(=O)c2ccc(CCNC[C@H](O)c3ccccc3)cn2)CC1)N(N)CC(F)(F)F. The molecule has 1 saturated heterocycles. The van der Waals surface area contributed by atoms with Crippen molar-refractivity contribution in [1.82, 2.24) is 20.2 Å². The fraction of sp³-hybridized carbons (Fsp3) is 0.458. The monoisotopic (exact) mass is 507 g/mol. The molecule has 2 heterocycles. The molecule has 1 aromatic heterocycles. The summed E-state index contributed by atoms with van der Waals surface area (Å²) in [5, 5.41) is 17.4. The number of carbonyl (C=O) groups is 1. The highest BCUT2D eigenvalue weighted by molar-refractivity contribution is 5.92. The van der Waals surface area contributed by atoms with Gasteiger partial charge in [-0.1, -0.05) is 36.4 Å². The first-order valence-electron chi connectivity index (χ1n) is 11.7. The molecule has 0 bridgehead atoms. The van der Waals surface area contributed by atoms with Gasteiger partial charge in [-0.2, -0.15) is 18.3 Å². The number of aliphatic hydroxyl groups is 1. The normalized spacial score (nSPS) is 16.1. The highest BCUT2D eigenvalue weighted by Crippen LogP contribution is 2.23. The Kier molecular flexibility index (Phi) is 9.62. The topological polar surface area (TPSA) is 133 Å². The van der Waals surface area contributed by atoms with Gasteiger partial charge in [0, 0.05) is 31.7 Å². The largest absolute Gasteiger partial charge is 0.407 e. The minimum absolute atomic E-state index is 0.0215. The molecule has 0 aliphatic carbocycles. The number of aliphatic hydroxyl groups excluding tert-OH is 1. The third-order valence-electron chi connectivity index (χ3n) is 6.08. The van der Waals surface area contributed by atoms with Crippen molar-refractivity contribution in [3.8, 4) is 0 Å². The van der Waals surface area contributed by atoms with Gasteiger partial charge in [0.2, 0.25) is 0 Å². The lowest BCUT2D eigenvalue weighted by Gasteiger charge is -2.34. The molecular weight excluding hydrogens is 475 g/mol. The minimum Gasteiger partial charge on any atom is -0.387 e. The Morgan fingerprint density at radius 2 is 1.92 bits per heavy atom. The van der Waals surface area contributed by atoms with Crippen molar-refractivity contribution in [3.63, 3.8) is 0 Å². The third kappa shape index (κ3) is 7.90. The lowest BCUT2D eigenvalue weighted by molar-refractivity contribution is -0.138. The number of hydrogen-bond donors (Lipinski definition) is 4. The number of nitrogens with two attached hydrogens (primary N) is 2. The van der Waals surface area contributed by atoms with Crippen molar-refractivity contribution >= 4 is 11.7 Å². The van der Waals surface area contributed by atoms with Crippen LogP contribution in [0.15, 0.2) is 53.8 Å². The van der Waals surface area contributed by atoms with Crippen LogP contribution in [-0.2, 0) is 6.42 Å². The lowest BCUT2D eigenvalue weighted by Crippen LogP contribution is -2.50. The Morgan fingerprint density at radius 3 is 2.50 bits per heavy atom. The molecular formula is C24H32F3N7O2. The molecule has 2 aromatic rings. The van der Waals surface area contributed by atoms with Gasteiger partial charge in [0.05, 0.1) is 6.10 Å². The number of amidine groups is 1. The second-order valence-corrected chi connectivity index (χ2v) is 8.73. The number of pyridine rings is 1. The van der Waals surface area contributed by atoms with Gasteiger partial charge in [0.1, 0.15) is 18.1 Å². The van der Waals surface area contributed by atoms with Gasteiger partial charge in [-0.05, 0) is 43.0 Å². The second kappa shape index (κ2) is 12.7. The van der Waals surface area contributed by atoms with E-state index >= 15 is 0 Å². The van der Waals surface area contributed by atoms with Crippen molar-refractivity contribution in [2.24, 2.45) is 22.7 Å². The quantitative estimate of drug-likeness (QED) is 0.134. The maximum Gasteiger partial charge on any atom is 0.407 e. The van der Waals surface area contributed by atoms with Crippen molar-refractivity contribution in [1.29, 1.82) is 0 Å². The van der Waals surface area contributed by atoms with Crippen LogP contribution in [0.1, 0.15) is 40.6 Å². The van der Waals surface area contributed by atoms with E-state index in [1.807, 2.05) is 36.4 Å². The van der Waals surface area contributed by atoms with Gasteiger partial charge in [-0.25, -0.2) is 5.84 Å². The zero-order valence-corrected chi connectivity index (χ0v) is 19.9. The number of piperidine rings is 1. The number of carbonyl (C=O) groups excluding carboxylic acids is 1. The van der Waals surface area contributed by atoms with E-state index in [9.17, 15) is 23.1 Å². The Morgan fingerprint density at radius 1 is 1.22 bits per heavy atom. The molecule has 1 aliphatic heterocycles. The van der Waals surface area contributed by atoms with E-state index in [0.717, 1.165) is 11.1 Å². The summed E-state index contributed by atoms with van der Waals surface area (Å²) in [5.74, 6) is 10.2. The maximum absolute atomic E-state index is 12.8. The molecule has 6 N–H and O–H groups in total. The number of alkyl halides is 3. The molecule has 3 rings (SSSR count). The third-order valence-corrected chi connectivity index (χ3v) is 6.08. The van der Waals surface area contributed by atoms with E-state index in [4.69, 9.17) is 11.7 Å². The van der Waals surface area contributed by atoms with Crippen molar-refractivity contribution in [2.45, 2.75) is 31.5 Å². The van der Waals surface area contributed by atoms with E-state index in [2.05, 4.69) is 15.4 Å². The van der Waals surface area contributed by atoms with Crippen LogP contribution in [0.3, 0.4) is 0 Å². The van der Waals surface area contributed by atoms with Gasteiger partial charge in [0.15, 0.2) is 0 Å². The van der Waals surface area contributed by atoms with E-state index in [1.54, 1.807) is 17.2 Å². The highest BCUT2D eigenvalue weighted by atomic mass is 19.4.